The molecule has 2 atom stereocenters. The molecule has 1 aromatic heterocycles. The Balaban J connectivity index is 1.59. The number of halogens is 2. The standard InChI is InChI=1S/C22H22ClFN4O/c1-28-21(25)19(22(29)26-16-9-10-18(24)17(23)12-16)20(27-28)15-8-7-14(11-15)13-5-3-2-4-6-13/h2-6,9-10,12,14-15H,7-8,11,25H2,1H3,(H,26,29)/t14-,15+/m0/s1. The molecule has 1 aliphatic rings. The van der Waals surface area contributed by atoms with E-state index in [4.69, 9.17) is 17.3 Å². The first-order valence-corrected chi connectivity index (χ1v) is 9.95. The van der Waals surface area contributed by atoms with E-state index in [2.05, 4.69) is 22.5 Å². The van der Waals surface area contributed by atoms with E-state index < -0.39 is 5.82 Å². The number of carbonyl (C=O) groups is 1. The van der Waals surface area contributed by atoms with E-state index >= 15 is 0 Å². The van der Waals surface area contributed by atoms with Crippen LogP contribution in [0.2, 0.25) is 5.02 Å². The van der Waals surface area contributed by atoms with Crippen LogP contribution in [0.15, 0.2) is 48.5 Å². The van der Waals surface area contributed by atoms with E-state index in [1.165, 1.54) is 28.4 Å². The highest BCUT2D eigenvalue weighted by Gasteiger charge is 2.33. The number of benzene rings is 2. The van der Waals surface area contributed by atoms with Crippen LogP contribution in [0.3, 0.4) is 0 Å². The van der Waals surface area contributed by atoms with Crippen LogP contribution >= 0.6 is 11.6 Å². The molecule has 7 heteroatoms. The van der Waals surface area contributed by atoms with Gasteiger partial charge in [-0.1, -0.05) is 41.9 Å². The molecule has 0 saturated heterocycles. The van der Waals surface area contributed by atoms with Crippen molar-refractivity contribution in [2.45, 2.75) is 31.1 Å². The molecule has 2 aromatic carbocycles. The van der Waals surface area contributed by atoms with Crippen LogP contribution in [0.5, 0.6) is 0 Å². The van der Waals surface area contributed by atoms with E-state index in [1.807, 2.05) is 18.2 Å². The first-order chi connectivity index (χ1) is 13.9. The molecule has 29 heavy (non-hydrogen) atoms. The van der Waals surface area contributed by atoms with Crippen LogP contribution in [0, 0.1) is 5.82 Å². The van der Waals surface area contributed by atoms with Crippen molar-refractivity contribution in [2.75, 3.05) is 11.1 Å². The molecule has 150 valence electrons. The lowest BCUT2D eigenvalue weighted by atomic mass is 9.94. The molecule has 5 nitrogen and oxygen atoms in total. The van der Waals surface area contributed by atoms with Crippen molar-refractivity contribution in [2.24, 2.45) is 7.05 Å². The lowest BCUT2D eigenvalue weighted by Gasteiger charge is -2.12. The van der Waals surface area contributed by atoms with Gasteiger partial charge in [-0.2, -0.15) is 5.10 Å². The normalized spacial score (nSPS) is 18.7. The molecule has 0 spiro atoms. The van der Waals surface area contributed by atoms with Crippen LogP contribution in [0.25, 0.3) is 0 Å². The molecule has 0 radical (unpaired) electrons. The van der Waals surface area contributed by atoms with Crippen molar-refractivity contribution in [3.05, 3.63) is 76.2 Å². The number of aryl methyl sites for hydroxylation is 1. The van der Waals surface area contributed by atoms with E-state index in [1.54, 1.807) is 7.05 Å². The number of carbonyl (C=O) groups excluding carboxylic acids is 1. The SMILES string of the molecule is Cn1nc([C@@H]2CC[C@H](c3ccccc3)C2)c(C(=O)Nc2ccc(F)c(Cl)c2)c1N. The van der Waals surface area contributed by atoms with Gasteiger partial charge in [0, 0.05) is 18.7 Å². The summed E-state index contributed by atoms with van der Waals surface area (Å²) in [6, 6.07) is 14.5. The molecule has 1 aliphatic carbocycles. The molecule has 1 saturated carbocycles. The van der Waals surface area contributed by atoms with Gasteiger partial charge in [0.1, 0.15) is 17.2 Å². The second kappa shape index (κ2) is 7.87. The fourth-order valence-electron chi connectivity index (χ4n) is 4.10. The number of nitrogens with zero attached hydrogens (tertiary/aromatic N) is 2. The van der Waals surface area contributed by atoms with Crippen LogP contribution in [0.1, 0.15) is 52.7 Å². The average Bonchev–Trinajstić information content (AvgIpc) is 3.31. The van der Waals surface area contributed by atoms with Crippen molar-refractivity contribution in [3.8, 4) is 0 Å². The third-order valence-corrected chi connectivity index (χ3v) is 5.90. The Morgan fingerprint density at radius 1 is 1.21 bits per heavy atom. The Kier molecular flexibility index (Phi) is 5.28. The molecular weight excluding hydrogens is 391 g/mol. The van der Waals surface area contributed by atoms with Gasteiger partial charge in [-0.05, 0) is 48.9 Å². The molecule has 1 heterocycles. The Morgan fingerprint density at radius 2 is 1.93 bits per heavy atom. The molecule has 0 unspecified atom stereocenters. The lowest BCUT2D eigenvalue weighted by Crippen LogP contribution is -2.16. The summed E-state index contributed by atoms with van der Waals surface area (Å²) in [5.74, 6) is 0.00645. The number of nitrogen functional groups attached to an aromatic ring is 1. The van der Waals surface area contributed by atoms with Gasteiger partial charge in [0.2, 0.25) is 0 Å². The zero-order valence-corrected chi connectivity index (χ0v) is 16.8. The molecule has 1 fully saturated rings. The van der Waals surface area contributed by atoms with Crippen molar-refractivity contribution < 1.29 is 9.18 Å². The van der Waals surface area contributed by atoms with Crippen molar-refractivity contribution in [1.29, 1.82) is 0 Å². The summed E-state index contributed by atoms with van der Waals surface area (Å²) in [4.78, 5) is 13.0. The Labute approximate surface area is 173 Å². The summed E-state index contributed by atoms with van der Waals surface area (Å²) in [5, 5.41) is 7.27. The fourth-order valence-corrected chi connectivity index (χ4v) is 4.28. The molecule has 3 aromatic rings. The Bertz CT molecular complexity index is 1050. The Hall–Kier alpha value is -2.86. The topological polar surface area (TPSA) is 72.9 Å². The molecule has 1 amide bonds. The molecule has 0 bridgehead atoms. The molecule has 0 aliphatic heterocycles. The van der Waals surface area contributed by atoms with Gasteiger partial charge in [-0.3, -0.25) is 9.48 Å². The Morgan fingerprint density at radius 3 is 2.66 bits per heavy atom. The van der Waals surface area contributed by atoms with Crippen LogP contribution in [-0.2, 0) is 7.05 Å². The predicted molar refractivity (Wildman–Crippen MR) is 113 cm³/mol. The van der Waals surface area contributed by atoms with Gasteiger partial charge in [0.05, 0.1) is 10.7 Å². The maximum Gasteiger partial charge on any atom is 0.261 e. The van der Waals surface area contributed by atoms with Crippen LogP contribution in [0.4, 0.5) is 15.9 Å². The molecular formula is C22H22ClFN4O. The fraction of sp³-hybridized carbons (Fsp3) is 0.273. The molecule has 3 N–H and O–H groups in total. The van der Waals surface area contributed by atoms with Gasteiger partial charge in [-0.15, -0.1) is 0 Å². The predicted octanol–water partition coefficient (Wildman–Crippen LogP) is 5.10. The van der Waals surface area contributed by atoms with E-state index in [0.717, 1.165) is 19.3 Å². The van der Waals surface area contributed by atoms with Gasteiger partial charge in [0.15, 0.2) is 0 Å². The maximum atomic E-state index is 13.4. The van der Waals surface area contributed by atoms with Gasteiger partial charge in [0.25, 0.3) is 5.91 Å². The number of rotatable bonds is 4. The summed E-state index contributed by atoms with van der Waals surface area (Å²) < 4.78 is 14.9. The van der Waals surface area contributed by atoms with Crippen molar-refractivity contribution >= 4 is 29.0 Å². The summed E-state index contributed by atoms with van der Waals surface area (Å²) in [5.41, 5.74) is 8.99. The van der Waals surface area contributed by atoms with Crippen LogP contribution in [-0.4, -0.2) is 15.7 Å². The van der Waals surface area contributed by atoms with E-state index in [-0.39, 0.29) is 16.8 Å². The highest BCUT2D eigenvalue weighted by atomic mass is 35.5. The minimum absolute atomic E-state index is 0.0522. The van der Waals surface area contributed by atoms with Crippen molar-refractivity contribution in [1.82, 2.24) is 9.78 Å². The summed E-state index contributed by atoms with van der Waals surface area (Å²) in [7, 11) is 1.73. The third-order valence-electron chi connectivity index (χ3n) is 5.61. The number of hydrogen-bond acceptors (Lipinski definition) is 3. The smallest absolute Gasteiger partial charge is 0.261 e. The zero-order chi connectivity index (χ0) is 20.5. The molecule has 4 rings (SSSR count). The quantitative estimate of drug-likeness (QED) is 0.626. The van der Waals surface area contributed by atoms with Gasteiger partial charge < -0.3 is 11.1 Å². The highest BCUT2D eigenvalue weighted by Crippen LogP contribution is 2.44. The average molecular weight is 413 g/mol. The van der Waals surface area contributed by atoms with E-state index in [0.29, 0.717) is 28.7 Å². The van der Waals surface area contributed by atoms with Gasteiger partial charge in [-0.25, -0.2) is 4.39 Å². The first-order valence-electron chi connectivity index (χ1n) is 9.57. The minimum Gasteiger partial charge on any atom is -0.383 e. The number of aromatic nitrogens is 2. The number of hydrogen-bond donors (Lipinski definition) is 2. The number of amides is 1. The number of nitrogens with one attached hydrogen (secondary N) is 1. The minimum atomic E-state index is -0.538. The van der Waals surface area contributed by atoms with E-state index in [9.17, 15) is 9.18 Å². The van der Waals surface area contributed by atoms with Crippen LogP contribution < -0.4 is 11.1 Å². The number of anilines is 2. The third kappa shape index (κ3) is 3.85. The monoisotopic (exact) mass is 412 g/mol. The van der Waals surface area contributed by atoms with Gasteiger partial charge >= 0.3 is 0 Å². The number of nitrogens with two attached hydrogens (primary N) is 1. The second-order valence-corrected chi connectivity index (χ2v) is 7.88. The summed E-state index contributed by atoms with van der Waals surface area (Å²) in [6.45, 7) is 0. The maximum absolute atomic E-state index is 13.4. The largest absolute Gasteiger partial charge is 0.383 e. The summed E-state index contributed by atoms with van der Waals surface area (Å²) >= 11 is 5.82. The van der Waals surface area contributed by atoms with Crippen molar-refractivity contribution in [3.63, 3.8) is 0 Å². The second-order valence-electron chi connectivity index (χ2n) is 7.47. The highest BCUT2D eigenvalue weighted by molar-refractivity contribution is 6.31. The zero-order valence-electron chi connectivity index (χ0n) is 16.0. The first kappa shape index (κ1) is 19.5. The lowest BCUT2D eigenvalue weighted by molar-refractivity contribution is 0.102. The summed E-state index contributed by atoms with van der Waals surface area (Å²) in [6.07, 6.45) is 2.90.